The molecule has 2 rings (SSSR count). The van der Waals surface area contributed by atoms with Gasteiger partial charge in [0.25, 0.3) is 5.91 Å². The molecule has 1 aromatic rings. The van der Waals surface area contributed by atoms with Gasteiger partial charge >= 0.3 is 0 Å². The maximum atomic E-state index is 11.9. The van der Waals surface area contributed by atoms with Crippen molar-refractivity contribution in [1.29, 1.82) is 0 Å². The number of benzene rings is 1. The Morgan fingerprint density at radius 1 is 1.58 bits per heavy atom. The van der Waals surface area contributed by atoms with Gasteiger partial charge < -0.3 is 19.9 Å². The van der Waals surface area contributed by atoms with Crippen molar-refractivity contribution in [3.8, 4) is 11.5 Å². The van der Waals surface area contributed by atoms with Crippen LogP contribution in [0.5, 0.6) is 11.5 Å². The SMILES string of the molecule is COc1ccc(O)c(C(=O)NCCC2CCOC2)c1. The van der Waals surface area contributed by atoms with Crippen LogP contribution in [0.3, 0.4) is 0 Å². The number of phenolic OH excluding ortho intramolecular Hbond substituents is 1. The molecule has 1 saturated heterocycles. The van der Waals surface area contributed by atoms with Crippen molar-refractivity contribution in [1.82, 2.24) is 5.32 Å². The summed E-state index contributed by atoms with van der Waals surface area (Å²) >= 11 is 0. The molecule has 1 atom stereocenters. The predicted molar refractivity (Wildman–Crippen MR) is 70.5 cm³/mol. The van der Waals surface area contributed by atoms with E-state index < -0.39 is 0 Å². The molecule has 0 aliphatic carbocycles. The molecular weight excluding hydrogens is 246 g/mol. The maximum Gasteiger partial charge on any atom is 0.255 e. The minimum Gasteiger partial charge on any atom is -0.507 e. The minimum absolute atomic E-state index is 0.0394. The van der Waals surface area contributed by atoms with Gasteiger partial charge in [0.15, 0.2) is 0 Å². The summed E-state index contributed by atoms with van der Waals surface area (Å²) in [6.07, 6.45) is 1.96. The van der Waals surface area contributed by atoms with Crippen LogP contribution in [0.15, 0.2) is 18.2 Å². The quantitative estimate of drug-likeness (QED) is 0.847. The fraction of sp³-hybridized carbons (Fsp3) is 0.500. The number of methoxy groups -OCH3 is 1. The Morgan fingerprint density at radius 3 is 3.11 bits per heavy atom. The highest BCUT2D eigenvalue weighted by atomic mass is 16.5. The average Bonchev–Trinajstić information content (AvgIpc) is 2.92. The van der Waals surface area contributed by atoms with Crippen molar-refractivity contribution in [3.05, 3.63) is 23.8 Å². The summed E-state index contributed by atoms with van der Waals surface area (Å²) in [4.78, 5) is 11.9. The van der Waals surface area contributed by atoms with Crippen LogP contribution in [-0.4, -0.2) is 37.9 Å². The summed E-state index contributed by atoms with van der Waals surface area (Å²) in [5.74, 6) is 0.754. The highest BCUT2D eigenvalue weighted by Crippen LogP contribution is 2.22. The molecule has 1 aliphatic rings. The zero-order chi connectivity index (χ0) is 13.7. The molecule has 1 aliphatic heterocycles. The summed E-state index contributed by atoms with van der Waals surface area (Å²) < 4.78 is 10.3. The summed E-state index contributed by atoms with van der Waals surface area (Å²) in [7, 11) is 1.52. The van der Waals surface area contributed by atoms with Crippen LogP contribution < -0.4 is 10.1 Å². The third kappa shape index (κ3) is 3.61. The van der Waals surface area contributed by atoms with Crippen molar-refractivity contribution in [2.45, 2.75) is 12.8 Å². The molecule has 0 bridgehead atoms. The van der Waals surface area contributed by atoms with E-state index in [9.17, 15) is 9.90 Å². The highest BCUT2D eigenvalue weighted by Gasteiger charge is 2.16. The number of ether oxygens (including phenoxy) is 2. The molecule has 0 spiro atoms. The van der Waals surface area contributed by atoms with E-state index in [-0.39, 0.29) is 17.2 Å². The van der Waals surface area contributed by atoms with Gasteiger partial charge in [-0.2, -0.15) is 0 Å². The third-order valence-electron chi connectivity index (χ3n) is 3.31. The molecule has 0 aromatic heterocycles. The number of nitrogens with one attached hydrogen (secondary N) is 1. The molecule has 0 saturated carbocycles. The molecule has 0 radical (unpaired) electrons. The Labute approximate surface area is 112 Å². The second-order valence-corrected chi connectivity index (χ2v) is 4.66. The van der Waals surface area contributed by atoms with Crippen LogP contribution in [-0.2, 0) is 4.74 Å². The molecule has 1 heterocycles. The van der Waals surface area contributed by atoms with Crippen molar-refractivity contribution < 1.29 is 19.4 Å². The van der Waals surface area contributed by atoms with E-state index in [4.69, 9.17) is 9.47 Å². The van der Waals surface area contributed by atoms with Gasteiger partial charge in [0, 0.05) is 19.8 Å². The second-order valence-electron chi connectivity index (χ2n) is 4.66. The van der Waals surface area contributed by atoms with Gasteiger partial charge in [0.05, 0.1) is 12.7 Å². The van der Waals surface area contributed by atoms with Crippen LogP contribution in [0.1, 0.15) is 23.2 Å². The normalized spacial score (nSPS) is 18.3. The van der Waals surface area contributed by atoms with Gasteiger partial charge in [0.2, 0.25) is 0 Å². The topological polar surface area (TPSA) is 67.8 Å². The number of hydrogen-bond donors (Lipinski definition) is 2. The van der Waals surface area contributed by atoms with Crippen LogP contribution in [0, 0.1) is 5.92 Å². The summed E-state index contributed by atoms with van der Waals surface area (Å²) in [6.45, 7) is 2.18. The Bertz CT molecular complexity index is 441. The molecule has 19 heavy (non-hydrogen) atoms. The zero-order valence-corrected chi connectivity index (χ0v) is 11.0. The van der Waals surface area contributed by atoms with Gasteiger partial charge in [0.1, 0.15) is 11.5 Å². The lowest BCUT2D eigenvalue weighted by molar-refractivity contribution is 0.0947. The smallest absolute Gasteiger partial charge is 0.255 e. The minimum atomic E-state index is -0.282. The van der Waals surface area contributed by atoms with Crippen LogP contribution >= 0.6 is 0 Å². The van der Waals surface area contributed by atoms with E-state index in [0.29, 0.717) is 18.2 Å². The summed E-state index contributed by atoms with van der Waals surface area (Å²) in [5, 5.41) is 12.5. The number of aromatic hydroxyl groups is 1. The molecule has 5 nitrogen and oxygen atoms in total. The zero-order valence-electron chi connectivity index (χ0n) is 11.0. The van der Waals surface area contributed by atoms with Crippen LogP contribution in [0.4, 0.5) is 0 Å². The van der Waals surface area contributed by atoms with E-state index in [1.807, 2.05) is 0 Å². The monoisotopic (exact) mass is 265 g/mol. The van der Waals surface area contributed by atoms with Crippen LogP contribution in [0.2, 0.25) is 0 Å². The van der Waals surface area contributed by atoms with E-state index >= 15 is 0 Å². The van der Waals surface area contributed by atoms with Crippen molar-refractivity contribution in [2.24, 2.45) is 5.92 Å². The first-order chi connectivity index (χ1) is 9.20. The summed E-state index contributed by atoms with van der Waals surface area (Å²) in [5.41, 5.74) is 0.238. The molecular formula is C14H19NO4. The molecule has 1 fully saturated rings. The predicted octanol–water partition coefficient (Wildman–Crippen LogP) is 1.56. The van der Waals surface area contributed by atoms with E-state index in [0.717, 1.165) is 26.1 Å². The fourth-order valence-electron chi connectivity index (χ4n) is 2.12. The Hall–Kier alpha value is -1.75. The van der Waals surface area contributed by atoms with Crippen molar-refractivity contribution in [3.63, 3.8) is 0 Å². The first-order valence-electron chi connectivity index (χ1n) is 6.43. The number of hydrogen-bond acceptors (Lipinski definition) is 4. The molecule has 104 valence electrons. The maximum absolute atomic E-state index is 11.9. The van der Waals surface area contributed by atoms with E-state index in [2.05, 4.69) is 5.32 Å². The first kappa shape index (κ1) is 13.7. The summed E-state index contributed by atoms with van der Waals surface area (Å²) in [6, 6.07) is 4.60. The Kier molecular flexibility index (Phi) is 4.63. The molecule has 1 aromatic carbocycles. The highest BCUT2D eigenvalue weighted by molar-refractivity contribution is 5.97. The lowest BCUT2D eigenvalue weighted by atomic mass is 10.1. The van der Waals surface area contributed by atoms with Gasteiger partial charge in [-0.3, -0.25) is 4.79 Å². The fourth-order valence-corrected chi connectivity index (χ4v) is 2.12. The lowest BCUT2D eigenvalue weighted by Crippen LogP contribution is -2.26. The van der Waals surface area contributed by atoms with Crippen LogP contribution in [0.25, 0.3) is 0 Å². The third-order valence-corrected chi connectivity index (χ3v) is 3.31. The largest absolute Gasteiger partial charge is 0.507 e. The molecule has 1 amide bonds. The number of carbonyl (C=O) groups excluding carboxylic acids is 1. The second kappa shape index (κ2) is 6.43. The number of rotatable bonds is 5. The molecule has 2 N–H and O–H groups in total. The van der Waals surface area contributed by atoms with Gasteiger partial charge in [-0.05, 0) is 37.0 Å². The number of phenols is 1. The number of amides is 1. The van der Waals surface area contributed by atoms with Crippen molar-refractivity contribution >= 4 is 5.91 Å². The van der Waals surface area contributed by atoms with Gasteiger partial charge in [-0.15, -0.1) is 0 Å². The van der Waals surface area contributed by atoms with Crippen molar-refractivity contribution in [2.75, 3.05) is 26.9 Å². The Balaban J connectivity index is 1.88. The lowest BCUT2D eigenvalue weighted by Gasteiger charge is -2.10. The molecule has 1 unspecified atom stereocenters. The first-order valence-corrected chi connectivity index (χ1v) is 6.43. The van der Waals surface area contributed by atoms with Gasteiger partial charge in [-0.25, -0.2) is 0 Å². The molecule has 5 heteroatoms. The average molecular weight is 265 g/mol. The Morgan fingerprint density at radius 2 is 2.42 bits per heavy atom. The number of carbonyl (C=O) groups is 1. The standard InChI is InChI=1S/C14H19NO4/c1-18-11-2-3-13(16)12(8-11)14(17)15-6-4-10-5-7-19-9-10/h2-3,8,10,16H,4-7,9H2,1H3,(H,15,17). The van der Waals surface area contributed by atoms with E-state index in [1.54, 1.807) is 6.07 Å². The van der Waals surface area contributed by atoms with Gasteiger partial charge in [-0.1, -0.05) is 0 Å². The van der Waals surface area contributed by atoms with E-state index in [1.165, 1.54) is 19.2 Å².